The number of imidazole rings is 1. The van der Waals surface area contributed by atoms with Gasteiger partial charge in [-0.05, 0) is 81.2 Å². The maximum absolute atomic E-state index is 12.7. The number of aromatic nitrogens is 3. The fraction of sp³-hybridized carbons (Fsp3) is 0.414. The second-order valence-electron chi connectivity index (χ2n) is 11.1. The van der Waals surface area contributed by atoms with E-state index in [1.54, 1.807) is 24.2 Å². The van der Waals surface area contributed by atoms with Gasteiger partial charge in [0, 0.05) is 37.4 Å². The van der Waals surface area contributed by atoms with E-state index in [0.29, 0.717) is 42.5 Å². The summed E-state index contributed by atoms with van der Waals surface area (Å²) in [5, 5.41) is 12.5. The van der Waals surface area contributed by atoms with Crippen LogP contribution in [0.1, 0.15) is 67.6 Å². The number of carbonyl (C=O) groups excluding carboxylic acids is 1. The molecule has 9 heteroatoms. The first-order chi connectivity index (χ1) is 17.9. The second kappa shape index (κ2) is 9.84. The van der Waals surface area contributed by atoms with Crippen LogP contribution in [0.3, 0.4) is 0 Å². The van der Waals surface area contributed by atoms with E-state index in [1.807, 2.05) is 64.1 Å². The molecule has 2 atom stereocenters. The van der Waals surface area contributed by atoms with Crippen molar-refractivity contribution in [3.8, 4) is 0 Å². The summed E-state index contributed by atoms with van der Waals surface area (Å²) in [6, 6.07) is 9.55. The standard InChI is InChI=1S/C29H34ClN5O3/c1-18-32-17-24(33-18)29(5,37)23-15-19-7-6-10-31-25(19)26(21-9-8-20(30)16-22(21)23)34-11-13-35(14-12-34)27(36)38-28(2,3)4/h6-10,15-17,26,37H,11-14H2,1-5H3,(H,32,33). The molecule has 0 radical (unpaired) electrons. The predicted molar refractivity (Wildman–Crippen MR) is 148 cm³/mol. The van der Waals surface area contributed by atoms with Crippen LogP contribution >= 0.6 is 11.6 Å². The van der Waals surface area contributed by atoms with E-state index in [1.165, 1.54) is 0 Å². The molecule has 2 N–H and O–H groups in total. The number of hydrogen-bond donors (Lipinski definition) is 2. The molecule has 3 aromatic rings. The topological polar surface area (TPSA) is 94.6 Å². The van der Waals surface area contributed by atoms with Crippen LogP contribution < -0.4 is 0 Å². The maximum atomic E-state index is 12.7. The first-order valence-corrected chi connectivity index (χ1v) is 13.3. The van der Waals surface area contributed by atoms with Crippen LogP contribution in [0.5, 0.6) is 0 Å². The van der Waals surface area contributed by atoms with E-state index in [0.717, 1.165) is 28.2 Å². The van der Waals surface area contributed by atoms with Gasteiger partial charge in [0.2, 0.25) is 0 Å². The number of nitrogens with zero attached hydrogens (tertiary/aromatic N) is 4. The molecule has 1 amide bonds. The fourth-order valence-electron chi connectivity index (χ4n) is 5.24. The number of nitrogens with one attached hydrogen (secondary N) is 1. The van der Waals surface area contributed by atoms with Gasteiger partial charge in [-0.25, -0.2) is 9.78 Å². The highest BCUT2D eigenvalue weighted by molar-refractivity contribution is 6.30. The number of benzene rings is 1. The van der Waals surface area contributed by atoms with Crippen LogP contribution in [0.25, 0.3) is 11.6 Å². The number of aromatic amines is 1. The Hall–Kier alpha value is -3.20. The lowest BCUT2D eigenvalue weighted by atomic mass is 9.84. The van der Waals surface area contributed by atoms with Gasteiger partial charge >= 0.3 is 6.09 Å². The van der Waals surface area contributed by atoms with Crippen LogP contribution in [0.2, 0.25) is 5.02 Å². The third kappa shape index (κ3) is 5.08. The zero-order chi connectivity index (χ0) is 27.2. The Kier molecular flexibility index (Phi) is 6.84. The zero-order valence-corrected chi connectivity index (χ0v) is 23.2. The molecule has 1 fully saturated rings. The minimum Gasteiger partial charge on any atom is -0.444 e. The minimum atomic E-state index is -1.36. The van der Waals surface area contributed by atoms with Crippen molar-refractivity contribution in [2.75, 3.05) is 26.2 Å². The number of fused-ring (bicyclic) bond motifs is 2. The van der Waals surface area contributed by atoms with Crippen molar-refractivity contribution in [2.24, 2.45) is 0 Å². The number of halogens is 1. The molecule has 2 unspecified atom stereocenters. The van der Waals surface area contributed by atoms with Crippen molar-refractivity contribution in [1.29, 1.82) is 0 Å². The number of carbonyl (C=O) groups is 1. The lowest BCUT2D eigenvalue weighted by Gasteiger charge is -2.40. The smallest absolute Gasteiger partial charge is 0.410 e. The van der Waals surface area contributed by atoms with Gasteiger partial charge < -0.3 is 19.7 Å². The van der Waals surface area contributed by atoms with Gasteiger partial charge in [-0.1, -0.05) is 23.7 Å². The predicted octanol–water partition coefficient (Wildman–Crippen LogP) is 5.17. The lowest BCUT2D eigenvalue weighted by Crippen LogP contribution is -2.51. The SMILES string of the molecule is Cc1ncc(C(C)(O)C2=Cc3cccnc3C(N3CCN(C(=O)OC(C)(C)C)CC3)c3ccc(Cl)cc32)[nH]1. The number of aliphatic hydroxyl groups is 1. The molecular formula is C29H34ClN5O3. The summed E-state index contributed by atoms with van der Waals surface area (Å²) in [6.45, 7) is 11.6. The molecule has 2 aromatic heterocycles. The molecule has 1 aliphatic carbocycles. The summed E-state index contributed by atoms with van der Waals surface area (Å²) in [5.41, 5.74) is 3.08. The zero-order valence-electron chi connectivity index (χ0n) is 22.5. The average molecular weight is 536 g/mol. The van der Waals surface area contributed by atoms with Crippen molar-refractivity contribution in [1.82, 2.24) is 24.8 Å². The highest BCUT2D eigenvalue weighted by Crippen LogP contribution is 2.46. The molecular weight excluding hydrogens is 502 g/mol. The van der Waals surface area contributed by atoms with Crippen molar-refractivity contribution in [2.45, 2.75) is 51.9 Å². The van der Waals surface area contributed by atoms with E-state index < -0.39 is 11.2 Å². The monoisotopic (exact) mass is 535 g/mol. The summed E-state index contributed by atoms with van der Waals surface area (Å²) in [4.78, 5) is 29.1. The quantitative estimate of drug-likeness (QED) is 0.480. The van der Waals surface area contributed by atoms with E-state index in [9.17, 15) is 9.90 Å². The molecule has 0 saturated carbocycles. The summed E-state index contributed by atoms with van der Waals surface area (Å²) in [7, 11) is 0. The molecule has 5 rings (SSSR count). The number of amides is 1. The summed E-state index contributed by atoms with van der Waals surface area (Å²) in [6.07, 6.45) is 5.18. The van der Waals surface area contributed by atoms with Crippen LogP contribution in [0, 0.1) is 6.92 Å². The number of H-pyrrole nitrogens is 1. The number of pyridine rings is 1. The number of ether oxygens (including phenoxy) is 1. The highest BCUT2D eigenvalue weighted by Gasteiger charge is 2.39. The molecule has 38 heavy (non-hydrogen) atoms. The largest absolute Gasteiger partial charge is 0.444 e. The number of rotatable bonds is 3. The van der Waals surface area contributed by atoms with Crippen LogP contribution in [-0.4, -0.2) is 67.7 Å². The molecule has 0 bridgehead atoms. The molecule has 200 valence electrons. The number of piperazine rings is 1. The van der Waals surface area contributed by atoms with Crippen LogP contribution in [-0.2, 0) is 10.3 Å². The molecule has 3 heterocycles. The lowest BCUT2D eigenvalue weighted by molar-refractivity contribution is 0.0117. The van der Waals surface area contributed by atoms with Crippen LogP contribution in [0.15, 0.2) is 42.7 Å². The third-order valence-corrected chi connectivity index (χ3v) is 7.35. The molecule has 1 saturated heterocycles. The van der Waals surface area contributed by atoms with E-state index in [2.05, 4.69) is 14.9 Å². The Labute approximate surface area is 228 Å². The van der Waals surface area contributed by atoms with Crippen molar-refractivity contribution >= 4 is 29.3 Å². The summed E-state index contributed by atoms with van der Waals surface area (Å²) >= 11 is 6.53. The number of hydrogen-bond acceptors (Lipinski definition) is 6. The average Bonchev–Trinajstić information content (AvgIpc) is 3.24. The maximum Gasteiger partial charge on any atom is 0.410 e. The van der Waals surface area contributed by atoms with Gasteiger partial charge in [0.05, 0.1) is 23.6 Å². The normalized spacial score (nSPS) is 19.6. The first-order valence-electron chi connectivity index (χ1n) is 12.9. The minimum absolute atomic E-state index is 0.188. The van der Waals surface area contributed by atoms with E-state index in [4.69, 9.17) is 21.3 Å². The Morgan fingerprint density at radius 3 is 2.53 bits per heavy atom. The van der Waals surface area contributed by atoms with Crippen LogP contribution in [0.4, 0.5) is 4.79 Å². The molecule has 8 nitrogen and oxygen atoms in total. The van der Waals surface area contributed by atoms with E-state index in [-0.39, 0.29) is 12.1 Å². The molecule has 1 aromatic carbocycles. The number of aryl methyl sites for hydroxylation is 1. The third-order valence-electron chi connectivity index (χ3n) is 7.11. The Balaban J connectivity index is 1.56. The van der Waals surface area contributed by atoms with Gasteiger partial charge in [0.1, 0.15) is 17.0 Å². The van der Waals surface area contributed by atoms with Gasteiger partial charge in [-0.15, -0.1) is 0 Å². The highest BCUT2D eigenvalue weighted by atomic mass is 35.5. The van der Waals surface area contributed by atoms with Gasteiger partial charge in [0.15, 0.2) is 0 Å². The fourth-order valence-corrected chi connectivity index (χ4v) is 5.41. The Morgan fingerprint density at radius 1 is 1.13 bits per heavy atom. The van der Waals surface area contributed by atoms with Crippen molar-refractivity contribution in [3.05, 3.63) is 81.7 Å². The summed E-state index contributed by atoms with van der Waals surface area (Å²) < 4.78 is 5.60. The van der Waals surface area contributed by atoms with Gasteiger partial charge in [0.25, 0.3) is 0 Å². The van der Waals surface area contributed by atoms with Gasteiger partial charge in [-0.3, -0.25) is 9.88 Å². The summed E-state index contributed by atoms with van der Waals surface area (Å²) in [5.74, 6) is 0.726. The molecule has 0 spiro atoms. The van der Waals surface area contributed by atoms with Crippen molar-refractivity contribution in [3.63, 3.8) is 0 Å². The van der Waals surface area contributed by atoms with Crippen molar-refractivity contribution < 1.29 is 14.6 Å². The Morgan fingerprint density at radius 2 is 1.87 bits per heavy atom. The van der Waals surface area contributed by atoms with Gasteiger partial charge in [-0.2, -0.15) is 0 Å². The molecule has 2 aliphatic rings. The first kappa shape index (κ1) is 26.4. The molecule has 1 aliphatic heterocycles. The second-order valence-corrected chi connectivity index (χ2v) is 11.6. The van der Waals surface area contributed by atoms with E-state index >= 15 is 0 Å². The Bertz CT molecular complexity index is 1380.